The number of hydrogen-bond donors (Lipinski definition) is 2. The molecule has 0 aromatic heterocycles. The van der Waals surface area contributed by atoms with Crippen LogP contribution in [0.1, 0.15) is 31.4 Å². The predicted octanol–water partition coefficient (Wildman–Crippen LogP) is 2.26. The van der Waals surface area contributed by atoms with E-state index in [2.05, 4.69) is 38.2 Å². The fourth-order valence-electron chi connectivity index (χ4n) is 2.09. The summed E-state index contributed by atoms with van der Waals surface area (Å²) in [5.41, 5.74) is 8.25. The molecule has 0 spiro atoms. The average Bonchev–Trinajstić information content (AvgIpc) is 2.29. The highest BCUT2D eigenvalue weighted by atomic mass is 16.5. The van der Waals surface area contributed by atoms with Crippen molar-refractivity contribution in [2.24, 2.45) is 5.73 Å². The highest BCUT2D eigenvalue weighted by molar-refractivity contribution is 5.36. The number of hydrogen-bond acceptors (Lipinski definition) is 3. The number of benzene rings is 1. The van der Waals surface area contributed by atoms with E-state index < -0.39 is 0 Å². The van der Waals surface area contributed by atoms with Crippen molar-refractivity contribution >= 4 is 0 Å². The Morgan fingerprint density at radius 3 is 2.61 bits per heavy atom. The van der Waals surface area contributed by atoms with Gasteiger partial charge < -0.3 is 15.8 Å². The lowest BCUT2D eigenvalue weighted by Crippen LogP contribution is -2.42. The third-order valence-electron chi connectivity index (χ3n) is 3.25. The normalized spacial score (nSPS) is 11.6. The van der Waals surface area contributed by atoms with Crippen molar-refractivity contribution in [3.63, 3.8) is 0 Å². The number of methoxy groups -OCH3 is 1. The zero-order valence-electron chi connectivity index (χ0n) is 12.0. The van der Waals surface area contributed by atoms with Crippen molar-refractivity contribution in [3.8, 4) is 5.75 Å². The maximum atomic E-state index is 5.60. The minimum absolute atomic E-state index is 0.121. The second-order valence-electron chi connectivity index (χ2n) is 5.40. The molecule has 0 amide bonds. The van der Waals surface area contributed by atoms with Crippen LogP contribution < -0.4 is 15.8 Å². The highest BCUT2D eigenvalue weighted by Crippen LogP contribution is 2.18. The first kappa shape index (κ1) is 15.0. The standard InChI is InChI=1S/C15H26N2O/c1-12-11-13(5-6-14(12)18-4)7-10-17-15(2,3)8-9-16/h5-6,11,17H,7-10,16H2,1-4H3. The van der Waals surface area contributed by atoms with Gasteiger partial charge in [-0.15, -0.1) is 0 Å². The summed E-state index contributed by atoms with van der Waals surface area (Å²) in [6, 6.07) is 6.36. The topological polar surface area (TPSA) is 47.3 Å². The maximum absolute atomic E-state index is 5.60. The fourth-order valence-corrected chi connectivity index (χ4v) is 2.09. The van der Waals surface area contributed by atoms with E-state index in [0.29, 0.717) is 0 Å². The van der Waals surface area contributed by atoms with Crippen LogP contribution in [0, 0.1) is 6.92 Å². The van der Waals surface area contributed by atoms with Crippen LogP contribution in [-0.4, -0.2) is 25.7 Å². The van der Waals surface area contributed by atoms with Gasteiger partial charge in [-0.25, -0.2) is 0 Å². The molecule has 0 saturated heterocycles. The molecule has 0 unspecified atom stereocenters. The molecule has 3 N–H and O–H groups in total. The molecule has 0 aliphatic heterocycles. The minimum atomic E-state index is 0.121. The molecule has 1 rings (SSSR count). The second-order valence-corrected chi connectivity index (χ2v) is 5.40. The molecular weight excluding hydrogens is 224 g/mol. The number of rotatable bonds is 7. The van der Waals surface area contributed by atoms with E-state index in [-0.39, 0.29) is 5.54 Å². The molecule has 0 atom stereocenters. The molecule has 1 aromatic rings. The molecule has 1 aromatic carbocycles. The predicted molar refractivity (Wildman–Crippen MR) is 77.2 cm³/mol. The van der Waals surface area contributed by atoms with Gasteiger partial charge in [0.15, 0.2) is 0 Å². The van der Waals surface area contributed by atoms with Crippen molar-refractivity contribution in [2.45, 2.75) is 39.2 Å². The van der Waals surface area contributed by atoms with Crippen LogP contribution in [0.3, 0.4) is 0 Å². The largest absolute Gasteiger partial charge is 0.496 e. The second kappa shape index (κ2) is 6.76. The molecule has 0 radical (unpaired) electrons. The van der Waals surface area contributed by atoms with Gasteiger partial charge in [0.25, 0.3) is 0 Å². The third-order valence-corrected chi connectivity index (χ3v) is 3.25. The van der Waals surface area contributed by atoms with Crippen LogP contribution in [0.2, 0.25) is 0 Å². The van der Waals surface area contributed by atoms with Crippen LogP contribution in [0.5, 0.6) is 5.75 Å². The van der Waals surface area contributed by atoms with Crippen molar-refractivity contribution in [3.05, 3.63) is 29.3 Å². The number of nitrogens with two attached hydrogens (primary N) is 1. The van der Waals surface area contributed by atoms with Gasteiger partial charge >= 0.3 is 0 Å². The summed E-state index contributed by atoms with van der Waals surface area (Å²) in [7, 11) is 1.71. The van der Waals surface area contributed by atoms with Gasteiger partial charge in [0.2, 0.25) is 0 Å². The van der Waals surface area contributed by atoms with Gasteiger partial charge in [0, 0.05) is 5.54 Å². The zero-order chi connectivity index (χ0) is 13.6. The molecule has 3 nitrogen and oxygen atoms in total. The van der Waals surface area contributed by atoms with E-state index in [1.165, 1.54) is 11.1 Å². The van der Waals surface area contributed by atoms with Crippen LogP contribution in [0.15, 0.2) is 18.2 Å². The van der Waals surface area contributed by atoms with Crippen LogP contribution in [0.25, 0.3) is 0 Å². The smallest absolute Gasteiger partial charge is 0.121 e. The molecule has 3 heteroatoms. The highest BCUT2D eigenvalue weighted by Gasteiger charge is 2.14. The summed E-state index contributed by atoms with van der Waals surface area (Å²) < 4.78 is 5.26. The average molecular weight is 250 g/mol. The van der Waals surface area contributed by atoms with Crippen molar-refractivity contribution < 1.29 is 4.74 Å². The monoisotopic (exact) mass is 250 g/mol. The number of nitrogens with one attached hydrogen (secondary N) is 1. The Morgan fingerprint density at radius 2 is 2.06 bits per heavy atom. The van der Waals surface area contributed by atoms with Gasteiger partial charge in [0.05, 0.1) is 7.11 Å². The van der Waals surface area contributed by atoms with E-state index in [1.54, 1.807) is 7.11 Å². The molecule has 0 heterocycles. The molecule has 0 aliphatic rings. The summed E-state index contributed by atoms with van der Waals surface area (Å²) in [5.74, 6) is 0.954. The summed E-state index contributed by atoms with van der Waals surface area (Å²) in [4.78, 5) is 0. The van der Waals surface area contributed by atoms with Crippen LogP contribution in [0.4, 0.5) is 0 Å². The van der Waals surface area contributed by atoms with E-state index in [4.69, 9.17) is 10.5 Å². The van der Waals surface area contributed by atoms with Gasteiger partial charge in [-0.3, -0.25) is 0 Å². The Morgan fingerprint density at radius 1 is 1.33 bits per heavy atom. The van der Waals surface area contributed by atoms with Gasteiger partial charge in [0.1, 0.15) is 5.75 Å². The van der Waals surface area contributed by atoms with E-state index >= 15 is 0 Å². The first-order valence-electron chi connectivity index (χ1n) is 6.57. The van der Waals surface area contributed by atoms with Crippen LogP contribution >= 0.6 is 0 Å². The molecule has 0 saturated carbocycles. The molecule has 0 bridgehead atoms. The van der Waals surface area contributed by atoms with E-state index in [0.717, 1.165) is 31.7 Å². The number of aryl methyl sites for hydroxylation is 1. The lowest BCUT2D eigenvalue weighted by atomic mass is 10.00. The maximum Gasteiger partial charge on any atom is 0.121 e. The van der Waals surface area contributed by atoms with Crippen LogP contribution in [-0.2, 0) is 6.42 Å². The summed E-state index contributed by atoms with van der Waals surface area (Å²) >= 11 is 0. The first-order valence-corrected chi connectivity index (χ1v) is 6.57. The molecular formula is C15H26N2O. The van der Waals surface area contributed by atoms with Gasteiger partial charge in [-0.05, 0) is 63.9 Å². The Hall–Kier alpha value is -1.06. The fraction of sp³-hybridized carbons (Fsp3) is 0.600. The van der Waals surface area contributed by atoms with Crippen molar-refractivity contribution in [1.82, 2.24) is 5.32 Å². The van der Waals surface area contributed by atoms with E-state index in [9.17, 15) is 0 Å². The Balaban J connectivity index is 2.47. The van der Waals surface area contributed by atoms with Gasteiger partial charge in [-0.1, -0.05) is 12.1 Å². The van der Waals surface area contributed by atoms with Crippen molar-refractivity contribution in [2.75, 3.05) is 20.2 Å². The minimum Gasteiger partial charge on any atom is -0.496 e. The number of ether oxygens (including phenoxy) is 1. The molecule has 102 valence electrons. The Labute approximate surface area is 111 Å². The Kier molecular flexibility index (Phi) is 5.63. The molecule has 18 heavy (non-hydrogen) atoms. The zero-order valence-corrected chi connectivity index (χ0v) is 12.0. The molecule has 0 aliphatic carbocycles. The van der Waals surface area contributed by atoms with E-state index in [1.807, 2.05) is 6.07 Å². The summed E-state index contributed by atoms with van der Waals surface area (Å²) in [6.45, 7) is 8.16. The summed E-state index contributed by atoms with van der Waals surface area (Å²) in [6.07, 6.45) is 2.02. The van der Waals surface area contributed by atoms with Gasteiger partial charge in [-0.2, -0.15) is 0 Å². The lowest BCUT2D eigenvalue weighted by Gasteiger charge is -2.25. The lowest BCUT2D eigenvalue weighted by molar-refractivity contribution is 0.370. The quantitative estimate of drug-likeness (QED) is 0.780. The summed E-state index contributed by atoms with van der Waals surface area (Å²) in [5, 5.41) is 3.55. The first-order chi connectivity index (χ1) is 8.48. The SMILES string of the molecule is COc1ccc(CCNC(C)(C)CCN)cc1C. The van der Waals surface area contributed by atoms with Crippen molar-refractivity contribution in [1.29, 1.82) is 0 Å². The Bertz CT molecular complexity index is 375. The molecule has 0 fully saturated rings. The third kappa shape index (κ3) is 4.67.